The second-order valence-corrected chi connectivity index (χ2v) is 7.43. The highest BCUT2D eigenvalue weighted by Gasteiger charge is 2.14. The zero-order chi connectivity index (χ0) is 17.6. The Labute approximate surface area is 143 Å². The Morgan fingerprint density at radius 3 is 2.38 bits per heavy atom. The standard InChI is InChI=1S/C18H22N2O3S/c1-14-10-11-17(13-15(14)2)24(22,23)19-12-6-9-18(21)20-16-7-4-3-5-8-16/h3-5,7-8,10-11,13,19H,6,9,12H2,1-2H3,(H,20,21). The molecule has 0 unspecified atom stereocenters. The Morgan fingerprint density at radius 1 is 1.00 bits per heavy atom. The maximum atomic E-state index is 12.2. The first-order chi connectivity index (χ1) is 11.4. The number of hydrogen-bond donors (Lipinski definition) is 2. The van der Waals surface area contributed by atoms with Crippen LogP contribution in [0.3, 0.4) is 0 Å². The van der Waals surface area contributed by atoms with Crippen LogP contribution in [0.5, 0.6) is 0 Å². The average Bonchev–Trinajstić information content (AvgIpc) is 2.55. The molecule has 6 heteroatoms. The molecule has 2 rings (SSSR count). The van der Waals surface area contributed by atoms with E-state index in [2.05, 4.69) is 10.0 Å². The maximum absolute atomic E-state index is 12.2. The maximum Gasteiger partial charge on any atom is 0.240 e. The van der Waals surface area contributed by atoms with E-state index < -0.39 is 10.0 Å². The number of carbonyl (C=O) groups is 1. The van der Waals surface area contributed by atoms with Crippen LogP contribution in [0.15, 0.2) is 53.4 Å². The van der Waals surface area contributed by atoms with Gasteiger partial charge in [-0.2, -0.15) is 0 Å². The third-order valence-electron chi connectivity index (χ3n) is 3.72. The van der Waals surface area contributed by atoms with Crippen LogP contribution in [0.4, 0.5) is 5.69 Å². The summed E-state index contributed by atoms with van der Waals surface area (Å²) in [5.74, 6) is -0.133. The first-order valence-corrected chi connectivity index (χ1v) is 9.28. The van der Waals surface area contributed by atoms with E-state index in [0.29, 0.717) is 6.42 Å². The minimum Gasteiger partial charge on any atom is -0.326 e. The lowest BCUT2D eigenvalue weighted by Crippen LogP contribution is -2.26. The number of amides is 1. The summed E-state index contributed by atoms with van der Waals surface area (Å²) in [5.41, 5.74) is 2.71. The van der Waals surface area contributed by atoms with E-state index in [-0.39, 0.29) is 23.8 Å². The second kappa shape index (κ2) is 8.08. The number of rotatable bonds is 7. The van der Waals surface area contributed by atoms with Crippen LogP contribution >= 0.6 is 0 Å². The average molecular weight is 346 g/mol. The summed E-state index contributed by atoms with van der Waals surface area (Å²) in [7, 11) is -3.54. The van der Waals surface area contributed by atoms with Gasteiger partial charge in [0.25, 0.3) is 0 Å². The normalized spacial score (nSPS) is 11.2. The number of nitrogens with one attached hydrogen (secondary N) is 2. The minimum atomic E-state index is -3.54. The van der Waals surface area contributed by atoms with E-state index in [1.807, 2.05) is 32.0 Å². The zero-order valence-corrected chi connectivity index (χ0v) is 14.7. The Balaban J connectivity index is 1.80. The van der Waals surface area contributed by atoms with Crippen molar-refractivity contribution in [2.75, 3.05) is 11.9 Å². The van der Waals surface area contributed by atoms with Crippen molar-refractivity contribution in [3.05, 3.63) is 59.7 Å². The van der Waals surface area contributed by atoms with E-state index in [4.69, 9.17) is 0 Å². The number of hydrogen-bond acceptors (Lipinski definition) is 3. The van der Waals surface area contributed by atoms with Gasteiger partial charge in [0.05, 0.1) is 4.90 Å². The molecule has 24 heavy (non-hydrogen) atoms. The number of sulfonamides is 1. The van der Waals surface area contributed by atoms with Crippen molar-refractivity contribution < 1.29 is 13.2 Å². The van der Waals surface area contributed by atoms with Gasteiger partial charge in [0, 0.05) is 18.7 Å². The fourth-order valence-corrected chi connectivity index (χ4v) is 3.32. The number of benzene rings is 2. The molecule has 0 bridgehead atoms. The predicted molar refractivity (Wildman–Crippen MR) is 95.4 cm³/mol. The minimum absolute atomic E-state index is 0.133. The molecule has 0 aliphatic heterocycles. The van der Waals surface area contributed by atoms with E-state index in [9.17, 15) is 13.2 Å². The van der Waals surface area contributed by atoms with Crippen molar-refractivity contribution in [1.29, 1.82) is 0 Å². The highest BCUT2D eigenvalue weighted by atomic mass is 32.2. The van der Waals surface area contributed by atoms with Crippen LogP contribution in [-0.2, 0) is 14.8 Å². The van der Waals surface area contributed by atoms with Gasteiger partial charge in [0.2, 0.25) is 15.9 Å². The lowest BCUT2D eigenvalue weighted by Gasteiger charge is -2.09. The fraction of sp³-hybridized carbons (Fsp3) is 0.278. The van der Waals surface area contributed by atoms with Gasteiger partial charge in [-0.15, -0.1) is 0 Å². The summed E-state index contributed by atoms with van der Waals surface area (Å²) in [5, 5.41) is 2.77. The third kappa shape index (κ3) is 5.18. The Hall–Kier alpha value is -2.18. The molecule has 0 aliphatic rings. The number of para-hydroxylation sites is 1. The summed E-state index contributed by atoms with van der Waals surface area (Å²) in [4.78, 5) is 12.1. The van der Waals surface area contributed by atoms with Gasteiger partial charge in [-0.1, -0.05) is 24.3 Å². The molecule has 1 amide bonds. The van der Waals surface area contributed by atoms with Crippen molar-refractivity contribution in [3.63, 3.8) is 0 Å². The molecular weight excluding hydrogens is 324 g/mol. The van der Waals surface area contributed by atoms with Crippen molar-refractivity contribution >= 4 is 21.6 Å². The molecule has 0 heterocycles. The summed E-state index contributed by atoms with van der Waals surface area (Å²) < 4.78 is 27.0. The lowest BCUT2D eigenvalue weighted by molar-refractivity contribution is -0.116. The molecule has 0 saturated heterocycles. The smallest absolute Gasteiger partial charge is 0.240 e. The molecule has 0 aliphatic carbocycles. The molecule has 2 N–H and O–H groups in total. The Kier molecular flexibility index (Phi) is 6.11. The lowest BCUT2D eigenvalue weighted by atomic mass is 10.1. The van der Waals surface area contributed by atoms with Crippen LogP contribution in [0.25, 0.3) is 0 Å². The molecule has 2 aromatic carbocycles. The number of aryl methyl sites for hydroxylation is 2. The summed E-state index contributed by atoms with van der Waals surface area (Å²) >= 11 is 0. The predicted octanol–water partition coefficient (Wildman–Crippen LogP) is 3.00. The van der Waals surface area contributed by atoms with Crippen molar-refractivity contribution in [2.45, 2.75) is 31.6 Å². The molecule has 2 aromatic rings. The molecular formula is C18H22N2O3S. The van der Waals surface area contributed by atoms with Crippen LogP contribution in [-0.4, -0.2) is 20.9 Å². The van der Waals surface area contributed by atoms with Gasteiger partial charge < -0.3 is 5.32 Å². The van der Waals surface area contributed by atoms with Crippen molar-refractivity contribution in [2.24, 2.45) is 0 Å². The SMILES string of the molecule is Cc1ccc(S(=O)(=O)NCCCC(=O)Nc2ccccc2)cc1C. The first-order valence-electron chi connectivity index (χ1n) is 7.80. The van der Waals surface area contributed by atoms with Crippen molar-refractivity contribution in [3.8, 4) is 0 Å². The topological polar surface area (TPSA) is 75.3 Å². The van der Waals surface area contributed by atoms with E-state index >= 15 is 0 Å². The van der Waals surface area contributed by atoms with Gasteiger partial charge >= 0.3 is 0 Å². The van der Waals surface area contributed by atoms with Gasteiger partial charge in [0.1, 0.15) is 0 Å². The van der Waals surface area contributed by atoms with Gasteiger partial charge in [-0.05, 0) is 55.7 Å². The largest absolute Gasteiger partial charge is 0.326 e. The molecule has 128 valence electrons. The monoisotopic (exact) mass is 346 g/mol. The molecule has 0 aromatic heterocycles. The van der Waals surface area contributed by atoms with Gasteiger partial charge in [-0.3, -0.25) is 4.79 Å². The zero-order valence-electron chi connectivity index (χ0n) is 13.9. The summed E-state index contributed by atoms with van der Waals surface area (Å²) in [6.07, 6.45) is 0.688. The third-order valence-corrected chi connectivity index (χ3v) is 5.18. The van der Waals surface area contributed by atoms with Crippen LogP contribution in [0.1, 0.15) is 24.0 Å². The fourth-order valence-electron chi connectivity index (χ4n) is 2.16. The van der Waals surface area contributed by atoms with E-state index in [1.54, 1.807) is 30.3 Å². The Morgan fingerprint density at radius 2 is 1.71 bits per heavy atom. The van der Waals surface area contributed by atoms with E-state index in [0.717, 1.165) is 16.8 Å². The molecule has 0 spiro atoms. The van der Waals surface area contributed by atoms with Gasteiger partial charge in [-0.25, -0.2) is 13.1 Å². The molecule has 5 nitrogen and oxygen atoms in total. The summed E-state index contributed by atoms with van der Waals surface area (Å²) in [6.45, 7) is 4.03. The highest BCUT2D eigenvalue weighted by Crippen LogP contribution is 2.14. The second-order valence-electron chi connectivity index (χ2n) is 5.66. The summed E-state index contributed by atoms with van der Waals surface area (Å²) in [6, 6.07) is 14.2. The van der Waals surface area contributed by atoms with Crippen LogP contribution in [0.2, 0.25) is 0 Å². The van der Waals surface area contributed by atoms with Crippen LogP contribution in [0, 0.1) is 13.8 Å². The van der Waals surface area contributed by atoms with Gasteiger partial charge in [0.15, 0.2) is 0 Å². The molecule has 0 fully saturated rings. The highest BCUT2D eigenvalue weighted by molar-refractivity contribution is 7.89. The van der Waals surface area contributed by atoms with Crippen molar-refractivity contribution in [1.82, 2.24) is 4.72 Å². The molecule has 0 atom stereocenters. The quantitative estimate of drug-likeness (QED) is 0.757. The molecule has 0 radical (unpaired) electrons. The number of carbonyl (C=O) groups excluding carboxylic acids is 1. The van der Waals surface area contributed by atoms with Crippen LogP contribution < -0.4 is 10.0 Å². The number of anilines is 1. The van der Waals surface area contributed by atoms with E-state index in [1.165, 1.54) is 0 Å². The first kappa shape index (κ1) is 18.2. The Bertz CT molecular complexity index is 802. The molecule has 0 saturated carbocycles.